The summed E-state index contributed by atoms with van der Waals surface area (Å²) in [5, 5.41) is 3.07. The lowest BCUT2D eigenvalue weighted by Crippen LogP contribution is -2.50. The van der Waals surface area contributed by atoms with Crippen LogP contribution in [0.2, 0.25) is 0 Å². The molecule has 27 heavy (non-hydrogen) atoms. The molecule has 1 aliphatic heterocycles. The Hall–Kier alpha value is -1.95. The molecule has 7 heteroatoms. The van der Waals surface area contributed by atoms with Gasteiger partial charge >= 0.3 is 0 Å². The van der Waals surface area contributed by atoms with Gasteiger partial charge in [-0.15, -0.1) is 11.6 Å². The van der Waals surface area contributed by atoms with Gasteiger partial charge in [0.1, 0.15) is 0 Å². The highest BCUT2D eigenvalue weighted by Crippen LogP contribution is 2.28. The summed E-state index contributed by atoms with van der Waals surface area (Å²) in [6, 6.07) is 5.55. The van der Waals surface area contributed by atoms with E-state index < -0.39 is 5.41 Å². The first-order valence-electron chi connectivity index (χ1n) is 9.16. The average molecular weight is 397 g/mol. The van der Waals surface area contributed by atoms with Crippen molar-refractivity contribution >= 4 is 23.4 Å². The molecule has 2 amide bonds. The zero-order chi connectivity index (χ0) is 20.0. The highest BCUT2D eigenvalue weighted by atomic mass is 35.5. The Bertz CT molecular complexity index is 670. The first-order valence-corrected chi connectivity index (χ1v) is 9.69. The first-order chi connectivity index (χ1) is 12.8. The third-order valence-electron chi connectivity index (χ3n) is 4.87. The largest absolute Gasteiger partial charge is 0.493 e. The van der Waals surface area contributed by atoms with Gasteiger partial charge in [-0.05, 0) is 44.4 Å². The Labute approximate surface area is 166 Å². The zero-order valence-electron chi connectivity index (χ0n) is 16.5. The van der Waals surface area contributed by atoms with Crippen LogP contribution in [0.25, 0.3) is 0 Å². The molecule has 0 aliphatic carbocycles. The Morgan fingerprint density at radius 3 is 2.37 bits per heavy atom. The molecule has 0 atom stereocenters. The Morgan fingerprint density at radius 1 is 1.19 bits per heavy atom. The number of methoxy groups -OCH3 is 2. The molecule has 2 rings (SSSR count). The number of hydrogen-bond acceptors (Lipinski definition) is 4. The normalized spacial score (nSPS) is 15.4. The van der Waals surface area contributed by atoms with Crippen molar-refractivity contribution in [3.8, 4) is 11.5 Å². The lowest BCUT2D eigenvalue weighted by Gasteiger charge is -2.36. The minimum atomic E-state index is -0.551. The van der Waals surface area contributed by atoms with E-state index in [2.05, 4.69) is 5.32 Å². The number of halogens is 1. The van der Waals surface area contributed by atoms with Crippen molar-refractivity contribution < 1.29 is 19.1 Å². The van der Waals surface area contributed by atoms with Crippen LogP contribution in [0.4, 0.5) is 0 Å². The van der Waals surface area contributed by atoms with Crippen molar-refractivity contribution in [2.75, 3.05) is 33.2 Å². The second-order valence-corrected chi connectivity index (χ2v) is 7.78. The van der Waals surface area contributed by atoms with Crippen molar-refractivity contribution in [1.29, 1.82) is 0 Å². The molecule has 1 saturated heterocycles. The van der Waals surface area contributed by atoms with Crippen LogP contribution in [0.3, 0.4) is 0 Å². The molecule has 150 valence electrons. The molecule has 0 radical (unpaired) electrons. The molecule has 0 spiro atoms. The summed E-state index contributed by atoms with van der Waals surface area (Å²) in [5.74, 6) is 1.59. The smallest absolute Gasteiger partial charge is 0.229 e. The van der Waals surface area contributed by atoms with Crippen molar-refractivity contribution in [2.24, 2.45) is 5.41 Å². The maximum absolute atomic E-state index is 12.5. The number of amides is 2. The summed E-state index contributed by atoms with van der Waals surface area (Å²) in [7, 11) is 3.15. The van der Waals surface area contributed by atoms with E-state index in [1.807, 2.05) is 30.9 Å². The van der Waals surface area contributed by atoms with E-state index >= 15 is 0 Å². The molecule has 0 unspecified atom stereocenters. The standard InChI is InChI=1S/C20H29ClN2O4/c1-20(2,13-21)19(25)23-9-7-15(8-10-23)22-18(24)12-14-5-6-16(26-3)17(11-14)27-4/h5-6,11,15H,7-10,12-13H2,1-4H3,(H,22,24). The van der Waals surface area contributed by atoms with E-state index in [-0.39, 0.29) is 24.3 Å². The maximum Gasteiger partial charge on any atom is 0.229 e. The zero-order valence-corrected chi connectivity index (χ0v) is 17.3. The van der Waals surface area contributed by atoms with Crippen LogP contribution in [0, 0.1) is 5.41 Å². The second kappa shape index (κ2) is 9.31. The SMILES string of the molecule is COc1ccc(CC(=O)NC2CCN(C(=O)C(C)(C)CCl)CC2)cc1OC. The monoisotopic (exact) mass is 396 g/mol. The van der Waals surface area contributed by atoms with Crippen LogP contribution >= 0.6 is 11.6 Å². The lowest BCUT2D eigenvalue weighted by atomic mass is 9.92. The Balaban J connectivity index is 1.85. The molecule has 0 saturated carbocycles. The van der Waals surface area contributed by atoms with Crippen LogP contribution in [-0.4, -0.2) is 55.9 Å². The number of alkyl halides is 1. The lowest BCUT2D eigenvalue weighted by molar-refractivity contribution is -0.140. The first kappa shape index (κ1) is 21.4. The van der Waals surface area contributed by atoms with Crippen LogP contribution in [0.1, 0.15) is 32.3 Å². The molecule has 1 aromatic carbocycles. The number of benzene rings is 1. The van der Waals surface area contributed by atoms with E-state index in [9.17, 15) is 9.59 Å². The Morgan fingerprint density at radius 2 is 1.81 bits per heavy atom. The minimum absolute atomic E-state index is 0.0342. The summed E-state index contributed by atoms with van der Waals surface area (Å²) in [4.78, 5) is 26.7. The van der Waals surface area contributed by atoms with Gasteiger partial charge in [-0.1, -0.05) is 6.07 Å². The molecule has 1 aliphatic rings. The fraction of sp³-hybridized carbons (Fsp3) is 0.600. The molecule has 1 heterocycles. The fourth-order valence-electron chi connectivity index (χ4n) is 3.17. The molecule has 0 aromatic heterocycles. The number of hydrogen-bond donors (Lipinski definition) is 1. The number of nitrogens with zero attached hydrogens (tertiary/aromatic N) is 1. The van der Waals surface area contributed by atoms with Gasteiger partial charge < -0.3 is 19.7 Å². The van der Waals surface area contributed by atoms with Crippen LogP contribution in [0.15, 0.2) is 18.2 Å². The number of likely N-dealkylation sites (tertiary alicyclic amines) is 1. The van der Waals surface area contributed by atoms with Gasteiger partial charge in [-0.2, -0.15) is 0 Å². The van der Waals surface area contributed by atoms with Crippen LogP contribution in [0.5, 0.6) is 11.5 Å². The summed E-state index contributed by atoms with van der Waals surface area (Å²) in [6.45, 7) is 5.00. The number of rotatable bonds is 7. The van der Waals surface area contributed by atoms with E-state index in [0.29, 0.717) is 30.5 Å². The predicted octanol–water partition coefficient (Wildman–Crippen LogP) is 2.62. The van der Waals surface area contributed by atoms with Crippen LogP contribution in [-0.2, 0) is 16.0 Å². The van der Waals surface area contributed by atoms with Crippen molar-refractivity contribution in [3.05, 3.63) is 23.8 Å². The highest BCUT2D eigenvalue weighted by molar-refractivity contribution is 6.19. The number of carbonyl (C=O) groups excluding carboxylic acids is 2. The van der Waals surface area contributed by atoms with Gasteiger partial charge in [0, 0.05) is 25.0 Å². The van der Waals surface area contributed by atoms with Crippen LogP contribution < -0.4 is 14.8 Å². The van der Waals surface area contributed by atoms with Crippen molar-refractivity contribution in [2.45, 2.75) is 39.2 Å². The number of piperidine rings is 1. The number of ether oxygens (including phenoxy) is 2. The van der Waals surface area contributed by atoms with E-state index in [1.54, 1.807) is 20.3 Å². The molecule has 1 aromatic rings. The highest BCUT2D eigenvalue weighted by Gasteiger charge is 2.33. The maximum atomic E-state index is 12.5. The third-order valence-corrected chi connectivity index (χ3v) is 5.54. The third kappa shape index (κ3) is 5.51. The van der Waals surface area contributed by atoms with Gasteiger partial charge in [-0.3, -0.25) is 9.59 Å². The van der Waals surface area contributed by atoms with E-state index in [0.717, 1.165) is 18.4 Å². The van der Waals surface area contributed by atoms with E-state index in [1.165, 1.54) is 0 Å². The average Bonchev–Trinajstić information content (AvgIpc) is 2.67. The molecular formula is C20H29ClN2O4. The van der Waals surface area contributed by atoms with Gasteiger partial charge in [0.2, 0.25) is 11.8 Å². The molecular weight excluding hydrogens is 368 g/mol. The quantitative estimate of drug-likeness (QED) is 0.719. The van der Waals surface area contributed by atoms with Gasteiger partial charge in [-0.25, -0.2) is 0 Å². The minimum Gasteiger partial charge on any atom is -0.493 e. The summed E-state index contributed by atoms with van der Waals surface area (Å²) in [5.41, 5.74) is 0.312. The molecule has 0 bridgehead atoms. The summed E-state index contributed by atoms with van der Waals surface area (Å²) < 4.78 is 10.5. The van der Waals surface area contributed by atoms with Crippen molar-refractivity contribution in [3.63, 3.8) is 0 Å². The molecule has 1 N–H and O–H groups in total. The van der Waals surface area contributed by atoms with E-state index in [4.69, 9.17) is 21.1 Å². The summed E-state index contributed by atoms with van der Waals surface area (Å²) >= 11 is 5.90. The van der Waals surface area contributed by atoms with Gasteiger partial charge in [0.05, 0.1) is 26.1 Å². The fourth-order valence-corrected chi connectivity index (χ4v) is 3.28. The van der Waals surface area contributed by atoms with Gasteiger partial charge in [0.25, 0.3) is 0 Å². The summed E-state index contributed by atoms with van der Waals surface area (Å²) in [6.07, 6.45) is 1.78. The Kier molecular flexibility index (Phi) is 7.36. The molecule has 6 nitrogen and oxygen atoms in total. The predicted molar refractivity (Wildman–Crippen MR) is 105 cm³/mol. The topological polar surface area (TPSA) is 67.9 Å². The second-order valence-electron chi connectivity index (χ2n) is 7.52. The number of carbonyl (C=O) groups is 2. The number of nitrogens with one attached hydrogen (secondary N) is 1. The van der Waals surface area contributed by atoms with Gasteiger partial charge in [0.15, 0.2) is 11.5 Å². The molecule has 1 fully saturated rings. The van der Waals surface area contributed by atoms with Crippen molar-refractivity contribution in [1.82, 2.24) is 10.2 Å².